The molecule has 0 aromatic heterocycles. The molecule has 2 unspecified atom stereocenters. The van der Waals surface area contributed by atoms with Gasteiger partial charge >= 0.3 is 0 Å². The van der Waals surface area contributed by atoms with Gasteiger partial charge in [0, 0.05) is 19.0 Å². The summed E-state index contributed by atoms with van der Waals surface area (Å²) in [6.07, 6.45) is 1.22. The Morgan fingerprint density at radius 2 is 1.77 bits per heavy atom. The third-order valence-corrected chi connectivity index (χ3v) is 5.21. The zero-order chi connectivity index (χ0) is 18.2. The number of hydrogen-bond acceptors (Lipinski definition) is 4. The van der Waals surface area contributed by atoms with Crippen LogP contribution in [0.3, 0.4) is 0 Å². The molecule has 2 atom stereocenters. The summed E-state index contributed by atoms with van der Waals surface area (Å²) in [5, 5.41) is 9.20. The summed E-state index contributed by atoms with van der Waals surface area (Å²) in [4.78, 5) is 24.0. The highest BCUT2D eigenvalue weighted by Crippen LogP contribution is 2.23. The van der Waals surface area contributed by atoms with Crippen molar-refractivity contribution in [2.75, 3.05) is 12.3 Å². The Labute approximate surface area is 157 Å². The number of amides is 2. The van der Waals surface area contributed by atoms with E-state index in [2.05, 4.69) is 16.0 Å². The van der Waals surface area contributed by atoms with Gasteiger partial charge in [-0.1, -0.05) is 60.7 Å². The Morgan fingerprint density at radius 1 is 1.08 bits per heavy atom. The summed E-state index contributed by atoms with van der Waals surface area (Å²) in [7, 11) is 0. The molecule has 0 radical (unpaired) electrons. The van der Waals surface area contributed by atoms with Crippen LogP contribution in [0.4, 0.5) is 0 Å². The van der Waals surface area contributed by atoms with E-state index in [4.69, 9.17) is 0 Å². The lowest BCUT2D eigenvalue weighted by Crippen LogP contribution is -2.51. The van der Waals surface area contributed by atoms with Crippen LogP contribution in [0.1, 0.15) is 23.6 Å². The van der Waals surface area contributed by atoms with Gasteiger partial charge in [-0.3, -0.25) is 14.9 Å². The normalized spacial score (nSPS) is 19.6. The van der Waals surface area contributed by atoms with Crippen LogP contribution in [0.15, 0.2) is 60.7 Å². The second-order valence-corrected chi connectivity index (χ2v) is 7.27. The van der Waals surface area contributed by atoms with Gasteiger partial charge in [0.15, 0.2) is 0 Å². The van der Waals surface area contributed by atoms with Crippen LogP contribution >= 0.6 is 11.8 Å². The lowest BCUT2D eigenvalue weighted by molar-refractivity contribution is -0.123. The largest absolute Gasteiger partial charge is 0.355 e. The molecule has 0 aliphatic carbocycles. The molecule has 2 aromatic rings. The van der Waals surface area contributed by atoms with E-state index in [1.807, 2.05) is 60.7 Å². The smallest absolute Gasteiger partial charge is 0.230 e. The first-order chi connectivity index (χ1) is 12.7. The third kappa shape index (κ3) is 5.61. The fourth-order valence-corrected chi connectivity index (χ4v) is 3.76. The van der Waals surface area contributed by atoms with Crippen molar-refractivity contribution in [2.45, 2.75) is 24.4 Å². The molecule has 6 heteroatoms. The van der Waals surface area contributed by atoms with Gasteiger partial charge in [0.25, 0.3) is 0 Å². The topological polar surface area (TPSA) is 70.2 Å². The number of benzene rings is 2. The van der Waals surface area contributed by atoms with E-state index >= 15 is 0 Å². The van der Waals surface area contributed by atoms with E-state index in [0.717, 1.165) is 12.0 Å². The summed E-state index contributed by atoms with van der Waals surface area (Å²) >= 11 is 1.40. The molecule has 1 fully saturated rings. The Hall–Kier alpha value is -2.31. The summed E-state index contributed by atoms with van der Waals surface area (Å²) in [5.41, 5.74) is 2.02. The molecule has 0 spiro atoms. The van der Waals surface area contributed by atoms with Crippen LogP contribution in [0.5, 0.6) is 0 Å². The number of hydrogen-bond donors (Lipinski definition) is 3. The molecule has 5 nitrogen and oxygen atoms in total. The fraction of sp³-hybridized carbons (Fsp3) is 0.300. The predicted octanol–water partition coefficient (Wildman–Crippen LogP) is 2.21. The number of nitrogens with one attached hydrogen (secondary N) is 3. The number of rotatable bonds is 7. The molecule has 3 N–H and O–H groups in total. The summed E-state index contributed by atoms with van der Waals surface area (Å²) in [5.74, 6) is 0.275. The summed E-state index contributed by atoms with van der Waals surface area (Å²) < 4.78 is 0. The molecule has 1 aliphatic heterocycles. The highest BCUT2D eigenvalue weighted by Gasteiger charge is 2.27. The van der Waals surface area contributed by atoms with Crippen LogP contribution < -0.4 is 16.0 Å². The lowest BCUT2D eigenvalue weighted by Gasteiger charge is -2.31. The highest BCUT2D eigenvalue weighted by molar-refractivity contribution is 8.00. The predicted molar refractivity (Wildman–Crippen MR) is 104 cm³/mol. The minimum atomic E-state index is -0.263. The van der Waals surface area contributed by atoms with Gasteiger partial charge in [0.2, 0.25) is 11.8 Å². The molecule has 136 valence electrons. The van der Waals surface area contributed by atoms with Crippen molar-refractivity contribution in [3.63, 3.8) is 0 Å². The number of carbonyl (C=O) groups excluding carboxylic acids is 2. The Kier molecular flexibility index (Phi) is 6.68. The second kappa shape index (κ2) is 9.40. The summed E-state index contributed by atoms with van der Waals surface area (Å²) in [6, 6.07) is 19.9. The standard InChI is InChI=1S/C20H23N3O2S/c24-18-13-17(16-9-5-2-6-10-16)22-20(23-18)26-14-19(25)21-12-11-15-7-3-1-4-8-15/h1-10,17,20,22H,11-14H2,(H,21,25)(H,23,24). The minimum Gasteiger partial charge on any atom is -0.355 e. The lowest BCUT2D eigenvalue weighted by atomic mass is 10.0. The van der Waals surface area contributed by atoms with E-state index in [1.165, 1.54) is 17.3 Å². The molecule has 0 saturated carbocycles. The minimum absolute atomic E-state index is 0.000381. The Balaban J connectivity index is 1.42. The second-order valence-electron chi connectivity index (χ2n) is 6.18. The van der Waals surface area contributed by atoms with Gasteiger partial charge < -0.3 is 10.6 Å². The first-order valence-corrected chi connectivity index (χ1v) is 9.78. The average molecular weight is 369 g/mol. The molecular formula is C20H23N3O2S. The Bertz CT molecular complexity index is 724. The zero-order valence-corrected chi connectivity index (χ0v) is 15.3. The van der Waals surface area contributed by atoms with Gasteiger partial charge in [-0.05, 0) is 17.5 Å². The van der Waals surface area contributed by atoms with Gasteiger partial charge in [-0.2, -0.15) is 0 Å². The fourth-order valence-electron chi connectivity index (χ4n) is 2.86. The van der Waals surface area contributed by atoms with Crippen molar-refractivity contribution < 1.29 is 9.59 Å². The summed E-state index contributed by atoms with van der Waals surface area (Å²) in [6.45, 7) is 0.612. The molecule has 1 aliphatic rings. The SMILES string of the molecule is O=C(CSC1NC(=O)CC(c2ccccc2)N1)NCCc1ccccc1. The zero-order valence-electron chi connectivity index (χ0n) is 14.5. The van der Waals surface area contributed by atoms with Gasteiger partial charge in [-0.15, -0.1) is 11.8 Å². The van der Waals surface area contributed by atoms with Crippen LogP contribution in [-0.4, -0.2) is 29.6 Å². The maximum Gasteiger partial charge on any atom is 0.230 e. The van der Waals surface area contributed by atoms with E-state index in [-0.39, 0.29) is 23.4 Å². The molecule has 26 heavy (non-hydrogen) atoms. The van der Waals surface area contributed by atoms with E-state index < -0.39 is 0 Å². The molecule has 2 amide bonds. The first-order valence-electron chi connectivity index (χ1n) is 8.73. The van der Waals surface area contributed by atoms with Crippen molar-refractivity contribution in [2.24, 2.45) is 0 Å². The molecule has 0 bridgehead atoms. The van der Waals surface area contributed by atoms with Crippen LogP contribution in [0, 0.1) is 0 Å². The molecule has 1 saturated heterocycles. The monoisotopic (exact) mass is 369 g/mol. The van der Waals surface area contributed by atoms with Gasteiger partial charge in [0.1, 0.15) is 5.50 Å². The van der Waals surface area contributed by atoms with Gasteiger partial charge in [0.05, 0.1) is 5.75 Å². The van der Waals surface area contributed by atoms with Crippen molar-refractivity contribution in [1.29, 1.82) is 0 Å². The number of thioether (sulfide) groups is 1. The molecule has 3 rings (SSSR count). The van der Waals surface area contributed by atoms with Crippen LogP contribution in [0.2, 0.25) is 0 Å². The third-order valence-electron chi connectivity index (χ3n) is 4.20. The first kappa shape index (κ1) is 18.5. The van der Waals surface area contributed by atoms with Gasteiger partial charge in [-0.25, -0.2) is 0 Å². The maximum atomic E-state index is 12.0. The van der Waals surface area contributed by atoms with Crippen LogP contribution in [0.25, 0.3) is 0 Å². The van der Waals surface area contributed by atoms with Crippen LogP contribution in [-0.2, 0) is 16.0 Å². The average Bonchev–Trinajstić information content (AvgIpc) is 2.67. The van der Waals surface area contributed by atoms with Crippen molar-refractivity contribution in [3.05, 3.63) is 71.8 Å². The number of carbonyl (C=O) groups is 2. The Morgan fingerprint density at radius 3 is 2.50 bits per heavy atom. The molecule has 2 aromatic carbocycles. The van der Waals surface area contributed by atoms with E-state index in [0.29, 0.717) is 18.7 Å². The highest BCUT2D eigenvalue weighted by atomic mass is 32.2. The van der Waals surface area contributed by atoms with E-state index in [1.54, 1.807) is 0 Å². The molecular weight excluding hydrogens is 346 g/mol. The maximum absolute atomic E-state index is 12.0. The quantitative estimate of drug-likeness (QED) is 0.700. The van der Waals surface area contributed by atoms with E-state index in [9.17, 15) is 9.59 Å². The van der Waals surface area contributed by atoms with Crippen molar-refractivity contribution in [1.82, 2.24) is 16.0 Å². The van der Waals surface area contributed by atoms with Crippen molar-refractivity contribution >= 4 is 23.6 Å². The molecule has 1 heterocycles. The van der Waals surface area contributed by atoms with Crippen molar-refractivity contribution in [3.8, 4) is 0 Å².